The lowest BCUT2D eigenvalue weighted by molar-refractivity contribution is 0.0952. The first-order valence-corrected chi connectivity index (χ1v) is 5.52. The molecule has 3 N–H and O–H groups in total. The predicted molar refractivity (Wildman–Crippen MR) is 62.9 cm³/mol. The van der Waals surface area contributed by atoms with Gasteiger partial charge in [-0.1, -0.05) is 0 Å². The standard InChI is InChI=1S/C11H13N5O2/c17-9-4-8(5-12-6-9)11(18)13-3-1-2-10-14-7-15-16-10/h4-7,17H,1-3H2,(H,13,18)(H,14,15,16). The van der Waals surface area contributed by atoms with Crippen LogP contribution in [-0.4, -0.2) is 37.7 Å². The van der Waals surface area contributed by atoms with Crippen LogP contribution in [0.1, 0.15) is 22.6 Å². The van der Waals surface area contributed by atoms with Gasteiger partial charge in [-0.3, -0.25) is 14.9 Å². The number of aryl methyl sites for hydroxylation is 1. The summed E-state index contributed by atoms with van der Waals surface area (Å²) in [5.41, 5.74) is 0.342. The highest BCUT2D eigenvalue weighted by atomic mass is 16.3. The van der Waals surface area contributed by atoms with Crippen molar-refractivity contribution >= 4 is 5.91 Å². The number of aromatic hydroxyl groups is 1. The Morgan fingerprint density at radius 2 is 2.33 bits per heavy atom. The highest BCUT2D eigenvalue weighted by molar-refractivity contribution is 5.94. The number of nitrogens with zero attached hydrogens (tertiary/aromatic N) is 3. The Hall–Kier alpha value is -2.44. The third-order valence-electron chi connectivity index (χ3n) is 2.33. The maximum absolute atomic E-state index is 11.7. The largest absolute Gasteiger partial charge is 0.506 e. The molecule has 0 aliphatic carbocycles. The molecule has 2 aromatic heterocycles. The van der Waals surface area contributed by atoms with Gasteiger partial charge in [0.1, 0.15) is 17.9 Å². The molecule has 0 radical (unpaired) electrons. The molecule has 2 aromatic rings. The van der Waals surface area contributed by atoms with E-state index >= 15 is 0 Å². The van der Waals surface area contributed by atoms with Crippen molar-refractivity contribution in [1.29, 1.82) is 0 Å². The average Bonchev–Trinajstić information content (AvgIpc) is 2.87. The monoisotopic (exact) mass is 247 g/mol. The van der Waals surface area contributed by atoms with Crippen molar-refractivity contribution < 1.29 is 9.90 Å². The molecule has 0 unspecified atom stereocenters. The van der Waals surface area contributed by atoms with Crippen molar-refractivity contribution in [3.63, 3.8) is 0 Å². The van der Waals surface area contributed by atoms with Crippen LogP contribution >= 0.6 is 0 Å². The van der Waals surface area contributed by atoms with E-state index in [1.165, 1.54) is 24.8 Å². The van der Waals surface area contributed by atoms with Crippen LogP contribution in [0.15, 0.2) is 24.8 Å². The molecule has 94 valence electrons. The van der Waals surface area contributed by atoms with E-state index in [1.807, 2.05) is 0 Å². The summed E-state index contributed by atoms with van der Waals surface area (Å²) in [7, 11) is 0. The minimum atomic E-state index is -0.254. The summed E-state index contributed by atoms with van der Waals surface area (Å²) in [5.74, 6) is 0.517. The maximum atomic E-state index is 11.7. The second-order valence-electron chi connectivity index (χ2n) is 3.72. The highest BCUT2D eigenvalue weighted by Crippen LogP contribution is 2.07. The number of aromatic amines is 1. The van der Waals surface area contributed by atoms with E-state index < -0.39 is 0 Å². The number of carbonyl (C=O) groups excluding carboxylic acids is 1. The summed E-state index contributed by atoms with van der Waals surface area (Å²) in [6, 6.07) is 1.37. The molecule has 0 bridgehead atoms. The van der Waals surface area contributed by atoms with Crippen LogP contribution < -0.4 is 5.32 Å². The third kappa shape index (κ3) is 3.27. The first-order chi connectivity index (χ1) is 8.75. The summed E-state index contributed by atoms with van der Waals surface area (Å²) < 4.78 is 0. The molecule has 0 saturated heterocycles. The fraction of sp³-hybridized carbons (Fsp3) is 0.273. The highest BCUT2D eigenvalue weighted by Gasteiger charge is 2.06. The predicted octanol–water partition coefficient (Wildman–Crippen LogP) is 0.268. The van der Waals surface area contributed by atoms with Gasteiger partial charge in [0.05, 0.1) is 11.8 Å². The fourth-order valence-electron chi connectivity index (χ4n) is 1.46. The van der Waals surface area contributed by atoms with E-state index in [9.17, 15) is 9.90 Å². The molecule has 2 rings (SSSR count). The van der Waals surface area contributed by atoms with Crippen LogP contribution in [0.25, 0.3) is 0 Å². The third-order valence-corrected chi connectivity index (χ3v) is 2.33. The first-order valence-electron chi connectivity index (χ1n) is 5.52. The average molecular weight is 247 g/mol. The van der Waals surface area contributed by atoms with Gasteiger partial charge in [0.25, 0.3) is 5.91 Å². The van der Waals surface area contributed by atoms with Crippen LogP contribution in [0, 0.1) is 0 Å². The molecule has 0 fully saturated rings. The number of nitrogens with one attached hydrogen (secondary N) is 2. The number of amides is 1. The number of H-pyrrole nitrogens is 1. The van der Waals surface area contributed by atoms with E-state index in [4.69, 9.17) is 0 Å². The van der Waals surface area contributed by atoms with Gasteiger partial charge in [-0.25, -0.2) is 4.98 Å². The summed E-state index contributed by atoms with van der Waals surface area (Å²) >= 11 is 0. The lowest BCUT2D eigenvalue weighted by atomic mass is 10.2. The summed E-state index contributed by atoms with van der Waals surface area (Å²) in [5, 5.41) is 18.4. The summed E-state index contributed by atoms with van der Waals surface area (Å²) in [4.78, 5) is 19.4. The van der Waals surface area contributed by atoms with Gasteiger partial charge < -0.3 is 10.4 Å². The smallest absolute Gasteiger partial charge is 0.252 e. The molecular weight excluding hydrogens is 234 g/mol. The number of rotatable bonds is 5. The number of carbonyl (C=O) groups is 1. The molecule has 0 spiro atoms. The number of hydrogen-bond acceptors (Lipinski definition) is 5. The Bertz CT molecular complexity index is 512. The van der Waals surface area contributed by atoms with Crippen LogP contribution in [0.5, 0.6) is 5.75 Å². The SMILES string of the molecule is O=C(NCCCc1ncn[nH]1)c1cncc(O)c1. The zero-order valence-corrected chi connectivity index (χ0v) is 9.63. The Labute approximate surface area is 103 Å². The second kappa shape index (κ2) is 5.76. The van der Waals surface area contributed by atoms with E-state index in [-0.39, 0.29) is 11.7 Å². The molecule has 1 amide bonds. The number of hydrogen-bond donors (Lipinski definition) is 3. The minimum absolute atomic E-state index is 0.0238. The van der Waals surface area contributed by atoms with Crippen LogP contribution in [0.2, 0.25) is 0 Å². The van der Waals surface area contributed by atoms with Crippen LogP contribution in [-0.2, 0) is 6.42 Å². The molecule has 0 aliphatic rings. The molecule has 0 saturated carbocycles. The lowest BCUT2D eigenvalue weighted by Gasteiger charge is -2.04. The van der Waals surface area contributed by atoms with Crippen molar-refractivity contribution in [2.45, 2.75) is 12.8 Å². The van der Waals surface area contributed by atoms with E-state index in [2.05, 4.69) is 25.5 Å². The van der Waals surface area contributed by atoms with E-state index in [1.54, 1.807) is 0 Å². The van der Waals surface area contributed by atoms with Gasteiger partial charge in [-0.05, 0) is 12.5 Å². The van der Waals surface area contributed by atoms with Gasteiger partial charge in [0.2, 0.25) is 0 Å². The maximum Gasteiger partial charge on any atom is 0.252 e. The van der Waals surface area contributed by atoms with Crippen LogP contribution in [0.4, 0.5) is 0 Å². The fourth-order valence-corrected chi connectivity index (χ4v) is 1.46. The van der Waals surface area contributed by atoms with Gasteiger partial charge in [-0.2, -0.15) is 5.10 Å². The number of aromatic nitrogens is 4. The quantitative estimate of drug-likeness (QED) is 0.658. The normalized spacial score (nSPS) is 10.2. The Kier molecular flexibility index (Phi) is 3.85. The first kappa shape index (κ1) is 12.0. The Morgan fingerprint density at radius 3 is 3.06 bits per heavy atom. The van der Waals surface area contributed by atoms with Gasteiger partial charge in [0.15, 0.2) is 0 Å². The van der Waals surface area contributed by atoms with Gasteiger partial charge in [0, 0.05) is 19.2 Å². The molecule has 0 aliphatic heterocycles. The number of pyridine rings is 1. The summed E-state index contributed by atoms with van der Waals surface area (Å²) in [6.45, 7) is 0.523. The lowest BCUT2D eigenvalue weighted by Crippen LogP contribution is -2.24. The van der Waals surface area contributed by atoms with E-state index in [0.717, 1.165) is 18.7 Å². The molecular formula is C11H13N5O2. The van der Waals surface area contributed by atoms with Gasteiger partial charge >= 0.3 is 0 Å². The Balaban J connectivity index is 1.75. The second-order valence-corrected chi connectivity index (χ2v) is 3.72. The summed E-state index contributed by atoms with van der Waals surface area (Å²) in [6.07, 6.45) is 5.62. The molecule has 2 heterocycles. The minimum Gasteiger partial charge on any atom is -0.506 e. The topological polar surface area (TPSA) is 104 Å². The Morgan fingerprint density at radius 1 is 1.44 bits per heavy atom. The van der Waals surface area contributed by atoms with Crippen molar-refractivity contribution in [3.8, 4) is 5.75 Å². The zero-order chi connectivity index (χ0) is 12.8. The molecule has 7 nitrogen and oxygen atoms in total. The van der Waals surface area contributed by atoms with Crippen molar-refractivity contribution in [3.05, 3.63) is 36.2 Å². The molecule has 0 atom stereocenters. The molecule has 7 heteroatoms. The van der Waals surface area contributed by atoms with Crippen molar-refractivity contribution in [2.24, 2.45) is 0 Å². The molecule has 18 heavy (non-hydrogen) atoms. The van der Waals surface area contributed by atoms with Crippen molar-refractivity contribution in [2.75, 3.05) is 6.54 Å². The molecule has 0 aromatic carbocycles. The van der Waals surface area contributed by atoms with Gasteiger partial charge in [-0.15, -0.1) is 0 Å². The van der Waals surface area contributed by atoms with E-state index in [0.29, 0.717) is 12.1 Å². The van der Waals surface area contributed by atoms with Crippen molar-refractivity contribution in [1.82, 2.24) is 25.5 Å². The zero-order valence-electron chi connectivity index (χ0n) is 9.63. The van der Waals surface area contributed by atoms with Crippen LogP contribution in [0.3, 0.4) is 0 Å².